The zero-order chi connectivity index (χ0) is 12.7. The molecule has 0 bridgehead atoms. The van der Waals surface area contributed by atoms with Gasteiger partial charge in [-0.05, 0) is 31.2 Å². The molecule has 0 unspecified atom stereocenters. The highest BCUT2D eigenvalue weighted by Crippen LogP contribution is 2.16. The van der Waals surface area contributed by atoms with Gasteiger partial charge in [0.25, 0.3) is 10.2 Å². The minimum Gasteiger partial charge on any atom is -0.494 e. The molecule has 1 rings (SSSR count). The molecular weight excluding hydrogens is 242 g/mol. The van der Waals surface area contributed by atoms with Crippen molar-refractivity contribution >= 4 is 15.9 Å². The maximum absolute atomic E-state index is 11.5. The van der Waals surface area contributed by atoms with E-state index in [4.69, 9.17) is 10.5 Å². The van der Waals surface area contributed by atoms with Crippen molar-refractivity contribution in [2.24, 2.45) is 5.73 Å². The van der Waals surface area contributed by atoms with Gasteiger partial charge in [0.15, 0.2) is 0 Å². The maximum atomic E-state index is 11.5. The van der Waals surface area contributed by atoms with E-state index < -0.39 is 10.2 Å². The molecule has 6 nitrogen and oxygen atoms in total. The van der Waals surface area contributed by atoms with E-state index in [0.717, 1.165) is 0 Å². The van der Waals surface area contributed by atoms with Crippen LogP contribution in [0.4, 0.5) is 5.69 Å². The van der Waals surface area contributed by atoms with Crippen LogP contribution in [0, 0.1) is 0 Å². The third kappa shape index (κ3) is 5.03. The van der Waals surface area contributed by atoms with Crippen molar-refractivity contribution in [1.29, 1.82) is 0 Å². The van der Waals surface area contributed by atoms with Crippen molar-refractivity contribution in [3.05, 3.63) is 24.3 Å². The Balaban J connectivity index is 2.62. The van der Waals surface area contributed by atoms with Crippen molar-refractivity contribution in [3.63, 3.8) is 0 Å². The van der Waals surface area contributed by atoms with Crippen molar-refractivity contribution in [3.8, 4) is 5.75 Å². The molecule has 0 heterocycles. The third-order valence-corrected chi connectivity index (χ3v) is 2.94. The summed E-state index contributed by atoms with van der Waals surface area (Å²) in [6.45, 7) is 2.91. The average Bonchev–Trinajstić information content (AvgIpc) is 2.29. The normalized spacial score (nSPS) is 11.2. The van der Waals surface area contributed by atoms with Crippen LogP contribution in [0.2, 0.25) is 0 Å². The Hall–Kier alpha value is -1.31. The molecule has 0 radical (unpaired) electrons. The molecule has 0 atom stereocenters. The van der Waals surface area contributed by atoms with Gasteiger partial charge in [-0.15, -0.1) is 0 Å². The summed E-state index contributed by atoms with van der Waals surface area (Å²) in [6, 6.07) is 6.66. The lowest BCUT2D eigenvalue weighted by Crippen LogP contribution is -2.33. The van der Waals surface area contributed by atoms with Crippen molar-refractivity contribution in [2.75, 3.05) is 24.4 Å². The van der Waals surface area contributed by atoms with Crippen LogP contribution in [-0.2, 0) is 10.2 Å². The predicted octanol–water partition coefficient (Wildman–Crippen LogP) is 0.290. The Morgan fingerprint density at radius 2 is 1.94 bits per heavy atom. The van der Waals surface area contributed by atoms with Crippen LogP contribution in [0.15, 0.2) is 24.3 Å². The first kappa shape index (κ1) is 13.8. The molecule has 0 aliphatic carbocycles. The van der Waals surface area contributed by atoms with Gasteiger partial charge in [0, 0.05) is 18.8 Å². The largest absolute Gasteiger partial charge is 0.494 e. The van der Waals surface area contributed by atoms with Gasteiger partial charge in [0.1, 0.15) is 5.75 Å². The molecule has 0 amide bonds. The average molecular weight is 259 g/mol. The summed E-state index contributed by atoms with van der Waals surface area (Å²) in [6.07, 6.45) is 0. The number of hydrogen-bond donors (Lipinski definition) is 3. The number of hydrogen-bond acceptors (Lipinski definition) is 4. The van der Waals surface area contributed by atoms with Crippen LogP contribution >= 0.6 is 0 Å². The number of rotatable bonds is 7. The summed E-state index contributed by atoms with van der Waals surface area (Å²) in [4.78, 5) is 0. The van der Waals surface area contributed by atoms with Gasteiger partial charge < -0.3 is 10.5 Å². The van der Waals surface area contributed by atoms with Crippen LogP contribution in [0.5, 0.6) is 5.75 Å². The molecule has 0 fully saturated rings. The van der Waals surface area contributed by atoms with Gasteiger partial charge in [0.05, 0.1) is 6.61 Å². The lowest BCUT2D eigenvalue weighted by atomic mass is 10.3. The first-order valence-corrected chi connectivity index (χ1v) is 6.76. The molecule has 17 heavy (non-hydrogen) atoms. The molecule has 0 aliphatic rings. The fraction of sp³-hybridized carbons (Fsp3) is 0.400. The zero-order valence-electron chi connectivity index (χ0n) is 9.64. The maximum Gasteiger partial charge on any atom is 0.299 e. The van der Waals surface area contributed by atoms with E-state index in [1.54, 1.807) is 24.3 Å². The summed E-state index contributed by atoms with van der Waals surface area (Å²) in [5.74, 6) is 0.699. The lowest BCUT2D eigenvalue weighted by molar-refractivity contribution is 0.340. The summed E-state index contributed by atoms with van der Waals surface area (Å²) in [7, 11) is -3.54. The van der Waals surface area contributed by atoms with E-state index in [2.05, 4.69) is 9.44 Å². The monoisotopic (exact) mass is 259 g/mol. The van der Waals surface area contributed by atoms with Gasteiger partial charge in [0.2, 0.25) is 0 Å². The standard InChI is InChI=1S/C10H17N3O3S/c1-2-16-10-5-3-9(4-6-10)13-17(14,15)12-8-7-11/h3-6,12-13H,2,7-8,11H2,1H3. The summed E-state index contributed by atoms with van der Waals surface area (Å²) < 4.78 is 32.8. The minimum absolute atomic E-state index is 0.201. The van der Waals surface area contributed by atoms with E-state index in [0.29, 0.717) is 18.0 Å². The zero-order valence-corrected chi connectivity index (χ0v) is 10.5. The van der Waals surface area contributed by atoms with E-state index in [-0.39, 0.29) is 13.1 Å². The van der Waals surface area contributed by atoms with Gasteiger partial charge in [-0.3, -0.25) is 4.72 Å². The number of nitrogens with two attached hydrogens (primary N) is 1. The smallest absolute Gasteiger partial charge is 0.299 e. The highest BCUT2D eigenvalue weighted by Gasteiger charge is 2.07. The molecule has 1 aromatic rings. The van der Waals surface area contributed by atoms with Crippen LogP contribution in [0.25, 0.3) is 0 Å². The first-order valence-electron chi connectivity index (χ1n) is 5.27. The van der Waals surface area contributed by atoms with Crippen molar-refractivity contribution in [1.82, 2.24) is 4.72 Å². The van der Waals surface area contributed by atoms with Gasteiger partial charge in [-0.2, -0.15) is 13.1 Å². The second-order valence-corrected chi connectivity index (χ2v) is 4.75. The van der Waals surface area contributed by atoms with Crippen molar-refractivity contribution < 1.29 is 13.2 Å². The van der Waals surface area contributed by atoms with Gasteiger partial charge in [-0.1, -0.05) is 0 Å². The highest BCUT2D eigenvalue weighted by molar-refractivity contribution is 7.90. The van der Waals surface area contributed by atoms with Crippen LogP contribution in [0.1, 0.15) is 6.92 Å². The Morgan fingerprint density at radius 3 is 2.47 bits per heavy atom. The van der Waals surface area contributed by atoms with Gasteiger partial charge in [-0.25, -0.2) is 0 Å². The van der Waals surface area contributed by atoms with Crippen LogP contribution in [0.3, 0.4) is 0 Å². The number of anilines is 1. The fourth-order valence-electron chi connectivity index (χ4n) is 1.17. The topological polar surface area (TPSA) is 93.4 Å². The molecule has 1 aromatic carbocycles. The second-order valence-electron chi connectivity index (χ2n) is 3.25. The minimum atomic E-state index is -3.54. The Labute approximate surface area is 101 Å². The SMILES string of the molecule is CCOc1ccc(NS(=O)(=O)NCCN)cc1. The van der Waals surface area contributed by atoms with Crippen LogP contribution < -0.4 is 19.9 Å². The van der Waals surface area contributed by atoms with E-state index in [1.807, 2.05) is 6.92 Å². The molecule has 96 valence electrons. The van der Waals surface area contributed by atoms with Crippen molar-refractivity contribution in [2.45, 2.75) is 6.92 Å². The molecule has 0 spiro atoms. The molecule has 0 aromatic heterocycles. The molecular formula is C10H17N3O3S. The summed E-state index contributed by atoms with van der Waals surface area (Å²) >= 11 is 0. The summed E-state index contributed by atoms with van der Waals surface area (Å²) in [5, 5.41) is 0. The highest BCUT2D eigenvalue weighted by atomic mass is 32.2. The predicted molar refractivity (Wildman–Crippen MR) is 67.2 cm³/mol. The quantitative estimate of drug-likeness (QED) is 0.656. The Kier molecular flexibility index (Phi) is 5.20. The molecule has 4 N–H and O–H groups in total. The summed E-state index contributed by atoms with van der Waals surface area (Å²) in [5.41, 5.74) is 5.68. The molecule has 0 saturated heterocycles. The first-order chi connectivity index (χ1) is 8.07. The van der Waals surface area contributed by atoms with Gasteiger partial charge >= 0.3 is 0 Å². The fourth-order valence-corrected chi connectivity index (χ4v) is 2.08. The van der Waals surface area contributed by atoms with E-state index >= 15 is 0 Å². The third-order valence-electron chi connectivity index (χ3n) is 1.85. The Morgan fingerprint density at radius 1 is 1.29 bits per heavy atom. The molecule has 0 aliphatic heterocycles. The van der Waals surface area contributed by atoms with Crippen LogP contribution in [-0.4, -0.2) is 28.1 Å². The molecule has 7 heteroatoms. The van der Waals surface area contributed by atoms with E-state index in [1.165, 1.54) is 0 Å². The number of benzene rings is 1. The lowest BCUT2D eigenvalue weighted by Gasteiger charge is -2.09. The Bertz CT molecular complexity index is 431. The molecule has 0 saturated carbocycles. The number of ether oxygens (including phenoxy) is 1. The number of nitrogens with one attached hydrogen (secondary N) is 2. The van der Waals surface area contributed by atoms with E-state index in [9.17, 15) is 8.42 Å². The second kappa shape index (κ2) is 6.43.